The number of likely N-dealkylation sites (tertiary alicyclic amines) is 1. The van der Waals surface area contributed by atoms with E-state index in [2.05, 4.69) is 27.3 Å². The quantitative estimate of drug-likeness (QED) is 0.791. The van der Waals surface area contributed by atoms with Crippen molar-refractivity contribution in [2.75, 3.05) is 25.5 Å². The van der Waals surface area contributed by atoms with E-state index in [0.717, 1.165) is 22.1 Å². The molecular weight excluding hydrogens is 406 g/mol. The van der Waals surface area contributed by atoms with Gasteiger partial charge in [-0.25, -0.2) is 0 Å². The molecule has 2 aromatic rings. The standard InChI is InChI=1S/C21H24BrN3O2/c1-24(2)18-6-3-5-15(13-18)14-23-20(26)19-7-4-12-25(19)21(27)16-8-10-17(22)11-9-16/h3,5-6,8-11,13,19H,4,7,12,14H2,1-2H3,(H,23,26). The molecule has 0 saturated carbocycles. The zero-order valence-corrected chi connectivity index (χ0v) is 17.2. The Morgan fingerprint density at radius 1 is 1.19 bits per heavy atom. The van der Waals surface area contributed by atoms with Gasteiger partial charge in [0, 0.05) is 42.9 Å². The zero-order chi connectivity index (χ0) is 19.4. The summed E-state index contributed by atoms with van der Waals surface area (Å²) in [5.74, 6) is -0.178. The first kappa shape index (κ1) is 19.4. The van der Waals surface area contributed by atoms with Crippen LogP contribution >= 0.6 is 15.9 Å². The van der Waals surface area contributed by atoms with E-state index >= 15 is 0 Å². The van der Waals surface area contributed by atoms with Crippen molar-refractivity contribution >= 4 is 33.4 Å². The molecule has 2 amide bonds. The lowest BCUT2D eigenvalue weighted by molar-refractivity contribution is -0.125. The van der Waals surface area contributed by atoms with E-state index in [1.807, 2.05) is 49.3 Å². The van der Waals surface area contributed by atoms with Crippen molar-refractivity contribution in [1.82, 2.24) is 10.2 Å². The fourth-order valence-corrected chi connectivity index (χ4v) is 3.56. The minimum Gasteiger partial charge on any atom is -0.378 e. The molecule has 1 aliphatic heterocycles. The molecule has 6 heteroatoms. The lowest BCUT2D eigenvalue weighted by Gasteiger charge is -2.24. The van der Waals surface area contributed by atoms with Gasteiger partial charge in [0.05, 0.1) is 0 Å². The second-order valence-corrected chi connectivity index (χ2v) is 7.86. The summed E-state index contributed by atoms with van der Waals surface area (Å²) in [6.45, 7) is 1.07. The van der Waals surface area contributed by atoms with Gasteiger partial charge in [-0.1, -0.05) is 28.1 Å². The molecule has 1 fully saturated rings. The maximum Gasteiger partial charge on any atom is 0.254 e. The summed E-state index contributed by atoms with van der Waals surface area (Å²) in [7, 11) is 3.98. The van der Waals surface area contributed by atoms with Gasteiger partial charge >= 0.3 is 0 Å². The van der Waals surface area contributed by atoms with E-state index in [1.165, 1.54) is 0 Å². The summed E-state index contributed by atoms with van der Waals surface area (Å²) in [6.07, 6.45) is 1.54. The Labute approximate surface area is 168 Å². The topological polar surface area (TPSA) is 52.7 Å². The van der Waals surface area contributed by atoms with Crippen LogP contribution < -0.4 is 10.2 Å². The molecule has 1 aliphatic rings. The van der Waals surface area contributed by atoms with Gasteiger partial charge in [-0.05, 0) is 54.8 Å². The molecule has 0 aliphatic carbocycles. The Hall–Kier alpha value is -2.34. The summed E-state index contributed by atoms with van der Waals surface area (Å²) in [6, 6.07) is 14.9. The van der Waals surface area contributed by atoms with Crippen molar-refractivity contribution in [2.45, 2.75) is 25.4 Å². The maximum absolute atomic E-state index is 12.8. The van der Waals surface area contributed by atoms with Crippen LogP contribution in [0.5, 0.6) is 0 Å². The van der Waals surface area contributed by atoms with Crippen molar-refractivity contribution in [3.05, 3.63) is 64.1 Å². The number of anilines is 1. The molecule has 1 heterocycles. The number of halogens is 1. The molecule has 1 saturated heterocycles. The first-order valence-electron chi connectivity index (χ1n) is 9.06. The summed E-state index contributed by atoms with van der Waals surface area (Å²) in [5.41, 5.74) is 2.74. The Morgan fingerprint density at radius 2 is 1.93 bits per heavy atom. The van der Waals surface area contributed by atoms with Gasteiger partial charge in [0.1, 0.15) is 6.04 Å². The number of rotatable bonds is 5. The predicted octanol–water partition coefficient (Wildman–Crippen LogP) is 3.44. The molecule has 5 nitrogen and oxygen atoms in total. The molecule has 0 spiro atoms. The fourth-order valence-electron chi connectivity index (χ4n) is 3.29. The second kappa shape index (κ2) is 8.57. The first-order valence-corrected chi connectivity index (χ1v) is 9.85. The van der Waals surface area contributed by atoms with Gasteiger partial charge in [0.25, 0.3) is 5.91 Å². The van der Waals surface area contributed by atoms with E-state index in [4.69, 9.17) is 0 Å². The van der Waals surface area contributed by atoms with Crippen LogP contribution in [0.2, 0.25) is 0 Å². The molecule has 3 rings (SSSR count). The molecule has 1 N–H and O–H groups in total. The molecule has 27 heavy (non-hydrogen) atoms. The molecule has 0 aromatic heterocycles. The van der Waals surface area contributed by atoms with Crippen molar-refractivity contribution in [3.63, 3.8) is 0 Å². The van der Waals surface area contributed by atoms with Crippen molar-refractivity contribution in [1.29, 1.82) is 0 Å². The van der Waals surface area contributed by atoms with Gasteiger partial charge in [-0.2, -0.15) is 0 Å². The lowest BCUT2D eigenvalue weighted by atomic mass is 10.1. The molecule has 142 valence electrons. The van der Waals surface area contributed by atoms with Gasteiger partial charge in [-0.15, -0.1) is 0 Å². The van der Waals surface area contributed by atoms with Crippen LogP contribution in [0.25, 0.3) is 0 Å². The minimum absolute atomic E-state index is 0.0882. The summed E-state index contributed by atoms with van der Waals surface area (Å²) in [5, 5.41) is 2.99. The number of carbonyl (C=O) groups is 2. The third-order valence-corrected chi connectivity index (χ3v) is 5.33. The van der Waals surface area contributed by atoms with Gasteiger partial charge < -0.3 is 15.1 Å². The van der Waals surface area contributed by atoms with Crippen molar-refractivity contribution < 1.29 is 9.59 Å². The van der Waals surface area contributed by atoms with Crippen LogP contribution in [0.4, 0.5) is 5.69 Å². The Morgan fingerprint density at radius 3 is 2.63 bits per heavy atom. The largest absolute Gasteiger partial charge is 0.378 e. The molecule has 0 radical (unpaired) electrons. The van der Waals surface area contributed by atoms with Gasteiger partial charge in [0.2, 0.25) is 5.91 Å². The number of hydrogen-bond donors (Lipinski definition) is 1. The highest BCUT2D eigenvalue weighted by Gasteiger charge is 2.34. The summed E-state index contributed by atoms with van der Waals surface area (Å²) in [4.78, 5) is 29.2. The lowest BCUT2D eigenvalue weighted by Crippen LogP contribution is -2.45. The number of benzene rings is 2. The number of carbonyl (C=O) groups excluding carboxylic acids is 2. The Bertz CT molecular complexity index is 820. The molecular formula is C21H24BrN3O2. The number of nitrogens with one attached hydrogen (secondary N) is 1. The van der Waals surface area contributed by atoms with Crippen LogP contribution in [0.3, 0.4) is 0 Å². The smallest absolute Gasteiger partial charge is 0.254 e. The van der Waals surface area contributed by atoms with Crippen LogP contribution in [-0.2, 0) is 11.3 Å². The highest BCUT2D eigenvalue weighted by atomic mass is 79.9. The number of nitrogens with zero attached hydrogens (tertiary/aromatic N) is 2. The SMILES string of the molecule is CN(C)c1cccc(CNC(=O)C2CCCN2C(=O)c2ccc(Br)cc2)c1. The van der Waals surface area contributed by atoms with Crippen molar-refractivity contribution in [2.24, 2.45) is 0 Å². The van der Waals surface area contributed by atoms with Crippen LogP contribution in [-0.4, -0.2) is 43.4 Å². The van der Waals surface area contributed by atoms with Crippen LogP contribution in [0.15, 0.2) is 53.0 Å². The minimum atomic E-state index is -0.404. The summed E-state index contributed by atoms with van der Waals surface area (Å²) >= 11 is 3.38. The van der Waals surface area contributed by atoms with E-state index in [1.54, 1.807) is 17.0 Å². The molecule has 2 aromatic carbocycles. The molecule has 0 bridgehead atoms. The van der Waals surface area contributed by atoms with E-state index in [0.29, 0.717) is 25.1 Å². The Kier molecular flexibility index (Phi) is 6.16. The van der Waals surface area contributed by atoms with Crippen LogP contribution in [0, 0.1) is 0 Å². The normalized spacial score (nSPS) is 16.3. The molecule has 1 unspecified atom stereocenters. The van der Waals surface area contributed by atoms with Gasteiger partial charge in [0.15, 0.2) is 0 Å². The highest BCUT2D eigenvalue weighted by Crippen LogP contribution is 2.22. The Balaban J connectivity index is 1.64. The average molecular weight is 430 g/mol. The third-order valence-electron chi connectivity index (χ3n) is 4.80. The first-order chi connectivity index (χ1) is 13.0. The molecule has 1 atom stereocenters. The van der Waals surface area contributed by atoms with Crippen LogP contribution in [0.1, 0.15) is 28.8 Å². The van der Waals surface area contributed by atoms with E-state index < -0.39 is 6.04 Å². The number of hydrogen-bond acceptors (Lipinski definition) is 3. The van der Waals surface area contributed by atoms with E-state index in [-0.39, 0.29) is 11.8 Å². The fraction of sp³-hybridized carbons (Fsp3) is 0.333. The number of amides is 2. The third kappa shape index (κ3) is 4.69. The average Bonchev–Trinajstić information content (AvgIpc) is 3.16. The zero-order valence-electron chi connectivity index (χ0n) is 15.6. The highest BCUT2D eigenvalue weighted by molar-refractivity contribution is 9.10. The monoisotopic (exact) mass is 429 g/mol. The van der Waals surface area contributed by atoms with Crippen molar-refractivity contribution in [3.8, 4) is 0 Å². The predicted molar refractivity (Wildman–Crippen MR) is 111 cm³/mol. The van der Waals surface area contributed by atoms with Gasteiger partial charge in [-0.3, -0.25) is 9.59 Å². The second-order valence-electron chi connectivity index (χ2n) is 6.95. The maximum atomic E-state index is 12.8. The summed E-state index contributed by atoms with van der Waals surface area (Å²) < 4.78 is 0.926. The van der Waals surface area contributed by atoms with E-state index in [9.17, 15) is 9.59 Å².